The van der Waals surface area contributed by atoms with Crippen LogP contribution in [0.1, 0.15) is 76.8 Å². The Balaban J connectivity index is 0.000000499. The van der Waals surface area contributed by atoms with E-state index in [1.54, 1.807) is 0 Å². The molecule has 0 saturated heterocycles. The molecule has 0 bridgehead atoms. The summed E-state index contributed by atoms with van der Waals surface area (Å²) in [5, 5.41) is 0. The monoisotopic (exact) mass is 361 g/mol. The molecule has 1 heterocycles. The highest BCUT2D eigenvalue weighted by atomic mass is 16.2. The number of hydrogen-bond donors (Lipinski definition) is 0. The number of ketones is 1. The predicted octanol–water partition coefficient (Wildman–Crippen LogP) is 3.47. The lowest BCUT2D eigenvalue weighted by Gasteiger charge is -2.42. The van der Waals surface area contributed by atoms with E-state index >= 15 is 0 Å². The molecule has 0 radical (unpaired) electrons. The minimum atomic E-state index is -0.235. The number of carbonyl (C=O) groups is 1. The van der Waals surface area contributed by atoms with Crippen LogP contribution in [0.4, 0.5) is 0 Å². The van der Waals surface area contributed by atoms with Gasteiger partial charge in [0.25, 0.3) is 0 Å². The largest absolute Gasteiger partial charge is 0.373 e. The molecule has 2 aliphatic rings. The van der Waals surface area contributed by atoms with Crippen LogP contribution in [0.25, 0.3) is 0 Å². The molecule has 1 aromatic heterocycles. The van der Waals surface area contributed by atoms with Gasteiger partial charge in [0.2, 0.25) is 0 Å². The minimum absolute atomic E-state index is 0.129. The third kappa shape index (κ3) is 4.87. The molecule has 0 aromatic carbocycles. The molecule has 2 aliphatic carbocycles. The van der Waals surface area contributed by atoms with E-state index in [4.69, 9.17) is 19.2 Å². The van der Waals surface area contributed by atoms with Gasteiger partial charge in [0.15, 0.2) is 5.78 Å². The van der Waals surface area contributed by atoms with Gasteiger partial charge in [0.1, 0.15) is 5.54 Å². The van der Waals surface area contributed by atoms with Gasteiger partial charge in [-0.05, 0) is 43.7 Å². The molecular weight excluding hydrogens is 334 g/mol. The van der Waals surface area contributed by atoms with Crippen molar-refractivity contribution in [1.29, 1.82) is 0 Å². The van der Waals surface area contributed by atoms with Crippen molar-refractivity contribution in [2.24, 2.45) is 5.92 Å². The average molecular weight is 361 g/mol. The van der Waals surface area contributed by atoms with Gasteiger partial charge in [-0.2, -0.15) is 19.2 Å². The Morgan fingerprint density at radius 1 is 1.04 bits per heavy atom. The average Bonchev–Trinajstić information content (AvgIpc) is 3.04. The minimum Gasteiger partial charge on any atom is -0.338 e. The molecule has 0 N–H and O–H groups in total. The first-order chi connectivity index (χ1) is 12.5. The molecule has 0 aliphatic heterocycles. The van der Waals surface area contributed by atoms with Crippen LogP contribution in [0.15, 0.2) is 18.3 Å². The smallest absolute Gasteiger partial charge is 0.338 e. The lowest BCUT2D eigenvalue weighted by atomic mass is 9.74. The molecule has 3 rings (SSSR count). The van der Waals surface area contributed by atoms with Gasteiger partial charge in [0.05, 0.1) is 0 Å². The summed E-state index contributed by atoms with van der Waals surface area (Å²) < 4.78 is 2.39. The molecule has 0 unspecified atom stereocenters. The summed E-state index contributed by atoms with van der Waals surface area (Å²) in [6.45, 7) is 4.12. The molecular formula is C20H27NO5. The maximum absolute atomic E-state index is 13.0. The van der Waals surface area contributed by atoms with Crippen LogP contribution in [0.2, 0.25) is 0 Å². The summed E-state index contributed by atoms with van der Waals surface area (Å²) in [5.74, 6) is 1.28. The third-order valence-corrected chi connectivity index (χ3v) is 5.43. The first-order valence-electron chi connectivity index (χ1n) is 9.19. The number of aromatic nitrogens is 1. The molecule has 6 heteroatoms. The molecule has 6 nitrogen and oxygen atoms in total. The van der Waals surface area contributed by atoms with Gasteiger partial charge in [-0.25, -0.2) is 0 Å². The fourth-order valence-corrected chi connectivity index (χ4v) is 4.10. The fourth-order valence-electron chi connectivity index (χ4n) is 4.10. The fraction of sp³-hybridized carbons (Fsp3) is 0.650. The van der Waals surface area contributed by atoms with Crippen LogP contribution in [0.3, 0.4) is 0 Å². The highest BCUT2D eigenvalue weighted by Gasteiger charge is 2.43. The Hall–Kier alpha value is -2.29. The van der Waals surface area contributed by atoms with E-state index in [1.807, 2.05) is 0 Å². The highest BCUT2D eigenvalue weighted by molar-refractivity contribution is 5.88. The quantitative estimate of drug-likeness (QED) is 0.819. The summed E-state index contributed by atoms with van der Waals surface area (Å²) in [7, 11) is 0. The van der Waals surface area contributed by atoms with Crippen molar-refractivity contribution >= 4 is 18.1 Å². The molecule has 0 amide bonds. The molecule has 2 fully saturated rings. The summed E-state index contributed by atoms with van der Waals surface area (Å²) in [5.41, 5.74) is 1.19. The van der Waals surface area contributed by atoms with E-state index in [0.717, 1.165) is 12.8 Å². The van der Waals surface area contributed by atoms with Crippen LogP contribution in [0, 0.1) is 5.92 Å². The molecule has 0 atom stereocenters. The predicted molar refractivity (Wildman–Crippen MR) is 91.9 cm³/mol. The van der Waals surface area contributed by atoms with Crippen molar-refractivity contribution in [2.45, 2.75) is 76.7 Å². The molecule has 0 spiro atoms. The van der Waals surface area contributed by atoms with Gasteiger partial charge >= 0.3 is 12.3 Å². The first-order valence-corrected chi connectivity index (χ1v) is 9.19. The summed E-state index contributed by atoms with van der Waals surface area (Å²) in [4.78, 5) is 45.5. The van der Waals surface area contributed by atoms with Gasteiger partial charge in [-0.15, -0.1) is 0 Å². The number of hydrogen-bond acceptors (Lipinski definition) is 5. The third-order valence-electron chi connectivity index (χ3n) is 5.43. The standard InChI is InChI=1S/C18H27NO.2CO2/c1-14(2)17(20)18(11-4-3-5-12-18)19-13-7-10-16(19)15-8-6-9-15;2*2-1-3/h7,10,13-15H,3-6,8-9,11-12H2,1-2H3;;. The van der Waals surface area contributed by atoms with Crippen molar-refractivity contribution in [1.82, 2.24) is 4.57 Å². The van der Waals surface area contributed by atoms with Crippen LogP contribution in [0.5, 0.6) is 0 Å². The zero-order valence-electron chi connectivity index (χ0n) is 15.5. The second kappa shape index (κ2) is 10.6. The molecule has 1 aromatic rings. The number of nitrogens with zero attached hydrogens (tertiary/aromatic N) is 1. The van der Waals surface area contributed by atoms with E-state index in [9.17, 15) is 4.79 Å². The molecule has 142 valence electrons. The topological polar surface area (TPSA) is 90.3 Å². The SMILES string of the molecule is CC(C)C(=O)C1(n2cccc2C2CCC2)CCCCC1.O=C=O.O=C=O. The van der Waals surface area contributed by atoms with Crippen molar-refractivity contribution < 1.29 is 24.0 Å². The molecule has 26 heavy (non-hydrogen) atoms. The van der Waals surface area contributed by atoms with Crippen molar-refractivity contribution in [3.05, 3.63) is 24.0 Å². The maximum Gasteiger partial charge on any atom is 0.373 e. The normalized spacial score (nSPS) is 18.1. The Kier molecular flexibility index (Phi) is 8.91. The van der Waals surface area contributed by atoms with Crippen LogP contribution < -0.4 is 0 Å². The van der Waals surface area contributed by atoms with Crippen LogP contribution >= 0.6 is 0 Å². The van der Waals surface area contributed by atoms with E-state index in [2.05, 4.69) is 36.7 Å². The maximum atomic E-state index is 13.0. The van der Waals surface area contributed by atoms with Gasteiger partial charge < -0.3 is 4.57 Å². The van der Waals surface area contributed by atoms with Crippen molar-refractivity contribution in [3.8, 4) is 0 Å². The number of Topliss-reactive ketones (excluding diaryl/α,β-unsaturated/α-hetero) is 1. The van der Waals surface area contributed by atoms with E-state index in [0.29, 0.717) is 11.7 Å². The van der Waals surface area contributed by atoms with Crippen molar-refractivity contribution in [2.75, 3.05) is 0 Å². The first kappa shape index (κ1) is 21.8. The highest BCUT2D eigenvalue weighted by Crippen LogP contribution is 2.43. The van der Waals surface area contributed by atoms with Gasteiger partial charge in [0, 0.05) is 17.8 Å². The van der Waals surface area contributed by atoms with Crippen LogP contribution in [-0.2, 0) is 29.5 Å². The summed E-state index contributed by atoms with van der Waals surface area (Å²) >= 11 is 0. The van der Waals surface area contributed by atoms with Crippen LogP contribution in [-0.4, -0.2) is 22.7 Å². The Labute approximate surface area is 153 Å². The summed E-state index contributed by atoms with van der Waals surface area (Å²) in [6, 6.07) is 4.41. The lowest BCUT2D eigenvalue weighted by molar-refractivity contribution is -0.193. The lowest BCUT2D eigenvalue weighted by Crippen LogP contribution is -2.46. The zero-order valence-corrected chi connectivity index (χ0v) is 15.5. The van der Waals surface area contributed by atoms with E-state index in [1.165, 1.54) is 44.2 Å². The summed E-state index contributed by atoms with van der Waals surface area (Å²) in [6.07, 6.45) is 12.4. The number of rotatable bonds is 4. The Morgan fingerprint density at radius 3 is 2.00 bits per heavy atom. The van der Waals surface area contributed by atoms with E-state index in [-0.39, 0.29) is 23.8 Å². The Bertz CT molecular complexity index is 627. The van der Waals surface area contributed by atoms with E-state index < -0.39 is 0 Å². The van der Waals surface area contributed by atoms with Crippen molar-refractivity contribution in [3.63, 3.8) is 0 Å². The Morgan fingerprint density at radius 2 is 1.58 bits per heavy atom. The zero-order chi connectivity index (χ0) is 19.6. The molecule has 2 saturated carbocycles. The second-order valence-electron chi connectivity index (χ2n) is 7.21. The number of carbonyl (C=O) groups excluding carboxylic acids is 5. The van der Waals surface area contributed by atoms with Gasteiger partial charge in [-0.3, -0.25) is 4.79 Å². The second-order valence-corrected chi connectivity index (χ2v) is 7.21. The van der Waals surface area contributed by atoms with Gasteiger partial charge in [-0.1, -0.05) is 39.5 Å².